The minimum absolute atomic E-state index is 0.189. The molecule has 0 fully saturated rings. The second-order valence-electron chi connectivity index (χ2n) is 6.47. The molecule has 2 rings (SSSR count). The topological polar surface area (TPSA) is 93.3 Å². The largest absolute Gasteiger partial charge is 0.497 e. The van der Waals surface area contributed by atoms with Crippen LogP contribution in [-0.4, -0.2) is 40.6 Å². The first-order valence-electron chi connectivity index (χ1n) is 9.27. The molecule has 0 aliphatic carbocycles. The fourth-order valence-electron chi connectivity index (χ4n) is 2.44. The van der Waals surface area contributed by atoms with Crippen LogP contribution in [-0.2, 0) is 10.5 Å². The maximum absolute atomic E-state index is 12.8. The molecule has 9 heteroatoms. The van der Waals surface area contributed by atoms with Gasteiger partial charge >= 0.3 is 0 Å². The maximum Gasteiger partial charge on any atom is 0.251 e. The van der Waals surface area contributed by atoms with Gasteiger partial charge in [0.25, 0.3) is 5.56 Å². The van der Waals surface area contributed by atoms with E-state index in [9.17, 15) is 9.59 Å². The Kier molecular flexibility index (Phi) is 8.91. The zero-order valence-electron chi connectivity index (χ0n) is 17.3. The van der Waals surface area contributed by atoms with E-state index in [1.54, 1.807) is 37.1 Å². The van der Waals surface area contributed by atoms with Gasteiger partial charge in [-0.3, -0.25) is 9.59 Å². The van der Waals surface area contributed by atoms with Gasteiger partial charge in [-0.25, -0.2) is 4.98 Å². The van der Waals surface area contributed by atoms with Gasteiger partial charge in [0.05, 0.1) is 30.9 Å². The van der Waals surface area contributed by atoms with Gasteiger partial charge in [0.1, 0.15) is 11.5 Å². The van der Waals surface area contributed by atoms with Gasteiger partial charge in [-0.2, -0.15) is 11.8 Å². The number of carbonyl (C=O) groups is 1. The molecule has 2 N–H and O–H groups in total. The standard InChI is InChI=1S/C20H27N3O4S2/c1-6-17(19(25)22-15-8-7-14(26-4)10-16(15)27-5)29-20-21-13(9-18(24)23-20)11-28-12(2)3/h7-10,12,17H,6,11H2,1-5H3,(H,22,25)(H,21,23,24). The number of aromatic nitrogens is 2. The third-order valence-corrected chi connectivity index (χ3v) is 6.30. The van der Waals surface area contributed by atoms with Crippen LogP contribution >= 0.6 is 23.5 Å². The number of nitrogens with one attached hydrogen (secondary N) is 2. The SMILES string of the molecule is CCC(Sc1nc(CSC(C)C)cc(=O)[nH]1)C(=O)Nc1ccc(OC)cc1OC. The van der Waals surface area contributed by atoms with E-state index < -0.39 is 5.25 Å². The number of amides is 1. The normalized spacial score (nSPS) is 11.9. The molecule has 2 aromatic rings. The van der Waals surface area contributed by atoms with E-state index in [0.29, 0.717) is 45.5 Å². The number of hydrogen-bond acceptors (Lipinski definition) is 7. The summed E-state index contributed by atoms with van der Waals surface area (Å²) in [7, 11) is 3.10. The zero-order chi connectivity index (χ0) is 21.4. The van der Waals surface area contributed by atoms with E-state index >= 15 is 0 Å². The van der Waals surface area contributed by atoms with Crippen LogP contribution in [0.2, 0.25) is 0 Å². The Balaban J connectivity index is 2.13. The predicted octanol–water partition coefficient (Wildman–Crippen LogP) is 3.94. The van der Waals surface area contributed by atoms with Crippen molar-refractivity contribution in [3.63, 3.8) is 0 Å². The number of carbonyl (C=O) groups excluding carboxylic acids is 1. The van der Waals surface area contributed by atoms with Gasteiger partial charge < -0.3 is 19.8 Å². The van der Waals surface area contributed by atoms with Crippen LogP contribution in [0.15, 0.2) is 34.2 Å². The summed E-state index contributed by atoms with van der Waals surface area (Å²) in [4.78, 5) is 32.0. The average molecular weight is 438 g/mol. The third-order valence-electron chi connectivity index (χ3n) is 3.92. The van der Waals surface area contributed by atoms with Crippen molar-refractivity contribution in [2.24, 2.45) is 0 Å². The quantitative estimate of drug-likeness (QED) is 0.429. The van der Waals surface area contributed by atoms with Crippen molar-refractivity contribution in [3.8, 4) is 11.5 Å². The number of methoxy groups -OCH3 is 2. The second-order valence-corrected chi connectivity index (χ2v) is 9.23. The van der Waals surface area contributed by atoms with Gasteiger partial charge in [-0.05, 0) is 23.8 Å². The molecular formula is C20H27N3O4S2. The van der Waals surface area contributed by atoms with Crippen molar-refractivity contribution in [3.05, 3.63) is 40.3 Å². The van der Waals surface area contributed by atoms with Gasteiger partial charge in [0.2, 0.25) is 5.91 Å². The molecule has 1 aromatic carbocycles. The van der Waals surface area contributed by atoms with E-state index in [1.807, 2.05) is 6.92 Å². The summed E-state index contributed by atoms with van der Waals surface area (Å²) in [6.07, 6.45) is 0.573. The summed E-state index contributed by atoms with van der Waals surface area (Å²) in [5.74, 6) is 1.61. The zero-order valence-corrected chi connectivity index (χ0v) is 18.9. The van der Waals surface area contributed by atoms with Crippen LogP contribution in [0.3, 0.4) is 0 Å². The highest BCUT2D eigenvalue weighted by Crippen LogP contribution is 2.30. The molecule has 7 nitrogen and oxygen atoms in total. The molecule has 158 valence electrons. The number of hydrogen-bond donors (Lipinski definition) is 2. The Morgan fingerprint density at radius 2 is 2.00 bits per heavy atom. The summed E-state index contributed by atoms with van der Waals surface area (Å²) in [5, 5.41) is 3.36. The highest BCUT2D eigenvalue weighted by atomic mass is 32.2. The lowest BCUT2D eigenvalue weighted by Crippen LogP contribution is -2.25. The third kappa shape index (κ3) is 7.01. The van der Waals surface area contributed by atoms with Crippen LogP contribution in [0, 0.1) is 0 Å². The molecule has 0 aliphatic heterocycles. The molecule has 0 aliphatic rings. The summed E-state index contributed by atoms with van der Waals surface area (Å²) >= 11 is 2.96. The molecular weight excluding hydrogens is 410 g/mol. The van der Waals surface area contributed by atoms with Crippen LogP contribution in [0.1, 0.15) is 32.9 Å². The molecule has 1 heterocycles. The van der Waals surface area contributed by atoms with E-state index in [2.05, 4.69) is 29.1 Å². The highest BCUT2D eigenvalue weighted by Gasteiger charge is 2.21. The van der Waals surface area contributed by atoms with E-state index in [-0.39, 0.29) is 11.5 Å². The Labute approximate surface area is 179 Å². The number of rotatable bonds is 10. The first-order valence-corrected chi connectivity index (χ1v) is 11.2. The molecule has 1 amide bonds. The Morgan fingerprint density at radius 3 is 2.62 bits per heavy atom. The van der Waals surface area contributed by atoms with Crippen LogP contribution in [0.5, 0.6) is 11.5 Å². The van der Waals surface area contributed by atoms with Crippen molar-refractivity contribution in [1.82, 2.24) is 9.97 Å². The first kappa shape index (κ1) is 23.2. The van der Waals surface area contributed by atoms with Crippen molar-refractivity contribution in [1.29, 1.82) is 0 Å². The molecule has 29 heavy (non-hydrogen) atoms. The molecule has 1 aromatic heterocycles. The van der Waals surface area contributed by atoms with Crippen LogP contribution < -0.4 is 20.3 Å². The minimum atomic E-state index is -0.419. The fourth-order valence-corrected chi connectivity index (χ4v) is 4.02. The van der Waals surface area contributed by atoms with E-state index in [1.165, 1.54) is 24.9 Å². The van der Waals surface area contributed by atoms with Gasteiger partial charge in [0.15, 0.2) is 5.16 Å². The summed E-state index contributed by atoms with van der Waals surface area (Å²) in [5.41, 5.74) is 1.05. The van der Waals surface area contributed by atoms with E-state index in [4.69, 9.17) is 9.47 Å². The molecule has 0 spiro atoms. The summed E-state index contributed by atoms with van der Waals surface area (Å²) in [6.45, 7) is 6.11. The Morgan fingerprint density at radius 1 is 1.24 bits per heavy atom. The van der Waals surface area contributed by atoms with Crippen molar-refractivity contribution in [2.75, 3.05) is 19.5 Å². The number of aromatic amines is 1. The molecule has 0 saturated carbocycles. The Bertz CT molecular complexity index is 886. The minimum Gasteiger partial charge on any atom is -0.497 e. The summed E-state index contributed by atoms with van der Waals surface area (Å²) in [6, 6.07) is 6.69. The maximum atomic E-state index is 12.8. The van der Waals surface area contributed by atoms with Crippen LogP contribution in [0.4, 0.5) is 5.69 Å². The highest BCUT2D eigenvalue weighted by molar-refractivity contribution is 8.00. The number of ether oxygens (including phenoxy) is 2. The molecule has 1 unspecified atom stereocenters. The number of anilines is 1. The van der Waals surface area contributed by atoms with Gasteiger partial charge in [-0.1, -0.05) is 32.5 Å². The van der Waals surface area contributed by atoms with Crippen molar-refractivity contribution < 1.29 is 14.3 Å². The number of benzene rings is 1. The van der Waals surface area contributed by atoms with Gasteiger partial charge in [0, 0.05) is 17.9 Å². The number of H-pyrrole nitrogens is 1. The molecule has 1 atom stereocenters. The lowest BCUT2D eigenvalue weighted by Gasteiger charge is -2.16. The second kappa shape index (κ2) is 11.2. The molecule has 0 saturated heterocycles. The predicted molar refractivity (Wildman–Crippen MR) is 119 cm³/mol. The number of thioether (sulfide) groups is 2. The smallest absolute Gasteiger partial charge is 0.251 e. The molecule has 0 radical (unpaired) electrons. The van der Waals surface area contributed by atoms with E-state index in [0.717, 1.165) is 0 Å². The molecule has 0 bridgehead atoms. The first-order chi connectivity index (χ1) is 13.9. The Hall–Kier alpha value is -2.13. The average Bonchev–Trinajstić information content (AvgIpc) is 2.70. The van der Waals surface area contributed by atoms with Gasteiger partial charge in [-0.15, -0.1) is 0 Å². The fraction of sp³-hybridized carbons (Fsp3) is 0.450. The monoisotopic (exact) mass is 437 g/mol. The summed E-state index contributed by atoms with van der Waals surface area (Å²) < 4.78 is 10.5. The number of nitrogens with zero attached hydrogens (tertiary/aromatic N) is 1. The van der Waals surface area contributed by atoms with Crippen LogP contribution in [0.25, 0.3) is 0 Å². The lowest BCUT2D eigenvalue weighted by atomic mass is 10.2. The van der Waals surface area contributed by atoms with Crippen molar-refractivity contribution >= 4 is 35.1 Å². The van der Waals surface area contributed by atoms with Crippen molar-refractivity contribution in [2.45, 2.75) is 48.6 Å². The lowest BCUT2D eigenvalue weighted by molar-refractivity contribution is -0.115.